The average molecular weight is 387 g/mol. The van der Waals surface area contributed by atoms with E-state index in [9.17, 15) is 14.0 Å². The number of hydrogen-bond donors (Lipinski definition) is 2. The predicted molar refractivity (Wildman–Crippen MR) is 107 cm³/mol. The van der Waals surface area contributed by atoms with E-state index in [4.69, 9.17) is 4.74 Å². The molecule has 150 valence electrons. The Morgan fingerprint density at radius 3 is 2.43 bits per heavy atom. The number of rotatable bonds is 6. The van der Waals surface area contributed by atoms with Crippen molar-refractivity contribution in [3.63, 3.8) is 0 Å². The third-order valence-corrected chi connectivity index (χ3v) is 3.65. The third-order valence-electron chi connectivity index (χ3n) is 3.65. The van der Waals surface area contributed by atoms with Gasteiger partial charge in [0.05, 0.1) is 0 Å². The van der Waals surface area contributed by atoms with Crippen molar-refractivity contribution in [3.05, 3.63) is 59.9 Å². The first-order valence-corrected chi connectivity index (χ1v) is 8.93. The monoisotopic (exact) mass is 387 g/mol. The molecule has 7 heteroatoms. The Labute approximate surface area is 164 Å². The zero-order valence-electron chi connectivity index (χ0n) is 16.6. The molecule has 0 spiro atoms. The van der Waals surface area contributed by atoms with Crippen LogP contribution in [0.5, 0.6) is 5.75 Å². The normalized spacial score (nSPS) is 10.9. The second-order valence-corrected chi connectivity index (χ2v) is 7.53. The molecule has 0 saturated carbocycles. The van der Waals surface area contributed by atoms with Gasteiger partial charge in [-0.2, -0.15) is 0 Å². The number of likely N-dealkylation sites (N-methyl/N-ethyl adjacent to an activating group) is 1. The summed E-state index contributed by atoms with van der Waals surface area (Å²) in [6.07, 6.45) is 0. The van der Waals surface area contributed by atoms with Crippen LogP contribution in [-0.2, 0) is 11.4 Å². The van der Waals surface area contributed by atoms with Gasteiger partial charge in [-0.25, -0.2) is 9.18 Å². The van der Waals surface area contributed by atoms with Gasteiger partial charge in [0.2, 0.25) is 5.91 Å². The van der Waals surface area contributed by atoms with Crippen molar-refractivity contribution in [3.8, 4) is 5.75 Å². The van der Waals surface area contributed by atoms with Crippen molar-refractivity contribution < 1.29 is 18.7 Å². The van der Waals surface area contributed by atoms with Crippen molar-refractivity contribution in [1.82, 2.24) is 10.2 Å². The maximum absolute atomic E-state index is 12.9. The highest BCUT2D eigenvalue weighted by molar-refractivity contribution is 5.92. The minimum atomic E-state index is -0.403. The highest BCUT2D eigenvalue weighted by Gasteiger charge is 2.17. The number of nitrogens with one attached hydrogen (secondary N) is 2. The van der Waals surface area contributed by atoms with E-state index in [1.54, 1.807) is 43.4 Å². The summed E-state index contributed by atoms with van der Waals surface area (Å²) in [4.78, 5) is 25.5. The summed E-state index contributed by atoms with van der Waals surface area (Å²) >= 11 is 0. The SMILES string of the molecule is CN(CC(=O)NC(C)(C)C)C(=O)Nc1cccc(OCc2ccc(F)cc2)c1. The van der Waals surface area contributed by atoms with Gasteiger partial charge in [-0.05, 0) is 50.6 Å². The van der Waals surface area contributed by atoms with Gasteiger partial charge in [0.25, 0.3) is 0 Å². The van der Waals surface area contributed by atoms with Crippen LogP contribution >= 0.6 is 0 Å². The number of nitrogens with zero attached hydrogens (tertiary/aromatic N) is 1. The number of amides is 3. The minimum absolute atomic E-state index is 0.0517. The molecule has 0 bridgehead atoms. The number of benzene rings is 2. The summed E-state index contributed by atoms with van der Waals surface area (Å²) in [5, 5.41) is 5.54. The molecule has 0 aromatic heterocycles. The molecule has 0 fully saturated rings. The molecule has 0 heterocycles. The summed E-state index contributed by atoms with van der Waals surface area (Å²) in [6.45, 7) is 5.86. The van der Waals surface area contributed by atoms with Gasteiger partial charge >= 0.3 is 6.03 Å². The number of urea groups is 1. The summed E-state index contributed by atoms with van der Waals surface area (Å²) < 4.78 is 18.6. The highest BCUT2D eigenvalue weighted by atomic mass is 19.1. The van der Waals surface area contributed by atoms with E-state index in [2.05, 4.69) is 10.6 Å². The van der Waals surface area contributed by atoms with Crippen molar-refractivity contribution in [2.24, 2.45) is 0 Å². The van der Waals surface area contributed by atoms with Crippen LogP contribution in [0, 0.1) is 5.82 Å². The van der Waals surface area contributed by atoms with Gasteiger partial charge < -0.3 is 20.3 Å². The Morgan fingerprint density at radius 1 is 1.11 bits per heavy atom. The van der Waals surface area contributed by atoms with Crippen LogP contribution in [0.3, 0.4) is 0 Å². The zero-order chi connectivity index (χ0) is 20.7. The van der Waals surface area contributed by atoms with Gasteiger partial charge in [0, 0.05) is 24.3 Å². The molecular weight excluding hydrogens is 361 g/mol. The molecule has 3 amide bonds. The van der Waals surface area contributed by atoms with Gasteiger partial charge in [-0.15, -0.1) is 0 Å². The first kappa shape index (κ1) is 21.2. The highest BCUT2D eigenvalue weighted by Crippen LogP contribution is 2.19. The quantitative estimate of drug-likeness (QED) is 0.792. The van der Waals surface area contributed by atoms with Gasteiger partial charge in [0.1, 0.15) is 24.7 Å². The molecule has 0 aliphatic rings. The maximum atomic E-state index is 12.9. The van der Waals surface area contributed by atoms with Crippen LogP contribution < -0.4 is 15.4 Å². The Kier molecular flexibility index (Phi) is 6.98. The molecule has 2 N–H and O–H groups in total. The van der Waals surface area contributed by atoms with Crippen LogP contribution in [0.25, 0.3) is 0 Å². The van der Waals surface area contributed by atoms with E-state index >= 15 is 0 Å². The van der Waals surface area contributed by atoms with Crippen molar-refractivity contribution in [2.75, 3.05) is 18.9 Å². The largest absolute Gasteiger partial charge is 0.489 e. The second kappa shape index (κ2) is 9.21. The lowest BCUT2D eigenvalue weighted by Crippen LogP contribution is -2.47. The van der Waals surface area contributed by atoms with Crippen LogP contribution in [0.2, 0.25) is 0 Å². The fourth-order valence-electron chi connectivity index (χ4n) is 2.37. The third kappa shape index (κ3) is 7.26. The van der Waals surface area contributed by atoms with E-state index in [0.717, 1.165) is 5.56 Å². The number of carbonyl (C=O) groups is 2. The fraction of sp³-hybridized carbons (Fsp3) is 0.333. The zero-order valence-corrected chi connectivity index (χ0v) is 16.6. The van der Waals surface area contributed by atoms with E-state index in [1.165, 1.54) is 17.0 Å². The molecule has 0 aliphatic heterocycles. The molecule has 0 saturated heterocycles. The smallest absolute Gasteiger partial charge is 0.322 e. The van der Waals surface area contributed by atoms with E-state index in [-0.39, 0.29) is 30.4 Å². The number of anilines is 1. The number of halogens is 1. The van der Waals surface area contributed by atoms with Gasteiger partial charge in [0.15, 0.2) is 0 Å². The molecule has 0 atom stereocenters. The molecule has 2 rings (SSSR count). The molecule has 0 aliphatic carbocycles. The first-order valence-electron chi connectivity index (χ1n) is 8.93. The van der Waals surface area contributed by atoms with Crippen LogP contribution in [0.1, 0.15) is 26.3 Å². The van der Waals surface area contributed by atoms with Gasteiger partial charge in [-0.1, -0.05) is 18.2 Å². The lowest BCUT2D eigenvalue weighted by molar-refractivity contribution is -0.122. The number of ether oxygens (including phenoxy) is 1. The molecule has 0 unspecified atom stereocenters. The van der Waals surface area contributed by atoms with Gasteiger partial charge in [-0.3, -0.25) is 4.79 Å². The molecule has 2 aromatic carbocycles. The lowest BCUT2D eigenvalue weighted by atomic mass is 10.1. The van der Waals surface area contributed by atoms with Crippen LogP contribution in [-0.4, -0.2) is 36.0 Å². The topological polar surface area (TPSA) is 70.7 Å². The van der Waals surface area contributed by atoms with Crippen LogP contribution in [0.15, 0.2) is 48.5 Å². The average Bonchev–Trinajstić information content (AvgIpc) is 2.60. The van der Waals surface area contributed by atoms with E-state index < -0.39 is 6.03 Å². The lowest BCUT2D eigenvalue weighted by Gasteiger charge is -2.23. The minimum Gasteiger partial charge on any atom is -0.489 e. The molecule has 0 radical (unpaired) electrons. The summed E-state index contributed by atoms with van der Waals surface area (Å²) in [5.41, 5.74) is 1.02. The van der Waals surface area contributed by atoms with Crippen molar-refractivity contribution >= 4 is 17.6 Å². The van der Waals surface area contributed by atoms with E-state index in [1.807, 2.05) is 20.8 Å². The maximum Gasteiger partial charge on any atom is 0.322 e. The second-order valence-electron chi connectivity index (χ2n) is 7.53. The van der Waals surface area contributed by atoms with Crippen LogP contribution in [0.4, 0.5) is 14.9 Å². The Balaban J connectivity index is 1.89. The molecule has 2 aromatic rings. The molecule has 6 nitrogen and oxygen atoms in total. The first-order chi connectivity index (χ1) is 13.1. The molecule has 28 heavy (non-hydrogen) atoms. The Bertz CT molecular complexity index is 816. The Hall–Kier alpha value is -3.09. The van der Waals surface area contributed by atoms with E-state index in [0.29, 0.717) is 11.4 Å². The number of carbonyl (C=O) groups excluding carboxylic acids is 2. The fourth-order valence-corrected chi connectivity index (χ4v) is 2.37. The van der Waals surface area contributed by atoms with Crippen molar-refractivity contribution in [1.29, 1.82) is 0 Å². The molecular formula is C21H26FN3O3. The summed E-state index contributed by atoms with van der Waals surface area (Å²) in [5.74, 6) is 0.0329. The number of hydrogen-bond acceptors (Lipinski definition) is 3. The standard InChI is InChI=1S/C21H26FN3O3/c1-21(2,3)24-19(26)13-25(4)20(27)23-17-6-5-7-18(12-17)28-14-15-8-10-16(22)11-9-15/h5-12H,13-14H2,1-4H3,(H,23,27)(H,24,26). The summed E-state index contributed by atoms with van der Waals surface area (Å²) in [6, 6.07) is 12.6. The summed E-state index contributed by atoms with van der Waals surface area (Å²) in [7, 11) is 1.55. The van der Waals surface area contributed by atoms with Crippen molar-refractivity contribution in [2.45, 2.75) is 32.9 Å². The Morgan fingerprint density at radius 2 is 1.79 bits per heavy atom. The predicted octanol–water partition coefficient (Wildman–Crippen LogP) is 3.78.